The van der Waals surface area contributed by atoms with Gasteiger partial charge in [-0.3, -0.25) is 4.79 Å². The Hall–Kier alpha value is -0.740. The molecule has 0 saturated heterocycles. The van der Waals surface area contributed by atoms with Crippen LogP contribution in [0.15, 0.2) is 4.79 Å². The molecule has 0 aliphatic rings. The van der Waals surface area contributed by atoms with E-state index in [0.29, 0.717) is 16.5 Å². The highest BCUT2D eigenvalue weighted by molar-refractivity contribution is 7.71. The standard InChI is InChI=1S/C16H27NO2S/c1-16(2,3)9-7-10-17(4)13-12(8-6-11-19-5)14(18)15(13)20/h6-11H2,1-5H3. The molecule has 0 bridgehead atoms. The van der Waals surface area contributed by atoms with E-state index in [1.807, 2.05) is 7.05 Å². The van der Waals surface area contributed by atoms with Crippen LogP contribution in [0, 0.1) is 9.93 Å². The van der Waals surface area contributed by atoms with Crippen molar-refractivity contribution in [3.63, 3.8) is 0 Å². The second-order valence-corrected chi connectivity index (χ2v) is 7.08. The topological polar surface area (TPSA) is 29.5 Å². The zero-order chi connectivity index (χ0) is 15.3. The molecule has 1 aromatic carbocycles. The summed E-state index contributed by atoms with van der Waals surface area (Å²) in [4.78, 5) is 14.0. The van der Waals surface area contributed by atoms with Crippen LogP contribution < -0.4 is 10.3 Å². The summed E-state index contributed by atoms with van der Waals surface area (Å²) in [6.45, 7) is 8.39. The molecule has 20 heavy (non-hydrogen) atoms. The molecule has 0 N–H and O–H groups in total. The first-order valence-corrected chi connectivity index (χ1v) is 7.71. The summed E-state index contributed by atoms with van der Waals surface area (Å²) >= 11 is 5.20. The highest BCUT2D eigenvalue weighted by Gasteiger charge is 2.20. The third-order valence-electron chi connectivity index (χ3n) is 3.56. The van der Waals surface area contributed by atoms with Crippen molar-refractivity contribution >= 4 is 17.9 Å². The van der Waals surface area contributed by atoms with Crippen LogP contribution >= 0.6 is 12.2 Å². The molecule has 0 unspecified atom stereocenters. The van der Waals surface area contributed by atoms with Crippen molar-refractivity contribution in [1.82, 2.24) is 0 Å². The minimum Gasteiger partial charge on any atom is -0.385 e. The minimum atomic E-state index is 0.0637. The average Bonchev–Trinajstić information content (AvgIpc) is 2.35. The molecule has 0 aliphatic heterocycles. The molecule has 114 valence electrons. The highest BCUT2D eigenvalue weighted by Crippen LogP contribution is 2.25. The van der Waals surface area contributed by atoms with Gasteiger partial charge in [0.2, 0.25) is 5.43 Å². The van der Waals surface area contributed by atoms with E-state index in [1.165, 1.54) is 6.42 Å². The lowest BCUT2D eigenvalue weighted by molar-refractivity contribution is 0.195. The van der Waals surface area contributed by atoms with Crippen LogP contribution in [0.2, 0.25) is 0 Å². The normalized spacial score (nSPS) is 12.1. The molecule has 0 radical (unpaired) electrons. The van der Waals surface area contributed by atoms with Crippen molar-refractivity contribution in [1.29, 1.82) is 0 Å². The summed E-state index contributed by atoms with van der Waals surface area (Å²) in [6, 6.07) is 0. The molecule has 3 nitrogen and oxygen atoms in total. The maximum Gasteiger partial charge on any atom is 0.204 e. The van der Waals surface area contributed by atoms with Gasteiger partial charge >= 0.3 is 0 Å². The fourth-order valence-corrected chi connectivity index (χ4v) is 2.82. The zero-order valence-corrected chi connectivity index (χ0v) is 14.2. The molecule has 0 aromatic heterocycles. The van der Waals surface area contributed by atoms with Crippen LogP contribution in [0.5, 0.6) is 0 Å². The van der Waals surface area contributed by atoms with Gasteiger partial charge in [-0.25, -0.2) is 0 Å². The molecule has 1 aromatic rings. The Balaban J connectivity index is 2.59. The van der Waals surface area contributed by atoms with Crippen molar-refractivity contribution in [2.75, 3.05) is 32.2 Å². The molecular formula is C16H27NO2S. The summed E-state index contributed by atoms with van der Waals surface area (Å²) in [5.74, 6) is 0. The van der Waals surface area contributed by atoms with Gasteiger partial charge in [-0.05, 0) is 31.1 Å². The lowest BCUT2D eigenvalue weighted by atomic mass is 9.90. The predicted octanol–water partition coefficient (Wildman–Crippen LogP) is 3.49. The summed E-state index contributed by atoms with van der Waals surface area (Å²) < 4.78 is 5.55. The minimum absolute atomic E-state index is 0.0637. The first-order chi connectivity index (χ1) is 9.28. The maximum atomic E-state index is 11.8. The molecule has 0 heterocycles. The number of ether oxygens (including phenoxy) is 1. The highest BCUT2D eigenvalue weighted by atomic mass is 32.1. The largest absolute Gasteiger partial charge is 0.385 e. The van der Waals surface area contributed by atoms with Gasteiger partial charge in [0.1, 0.15) is 4.51 Å². The van der Waals surface area contributed by atoms with Crippen molar-refractivity contribution in [3.8, 4) is 0 Å². The number of rotatable bonds is 8. The Kier molecular flexibility index (Phi) is 6.34. The van der Waals surface area contributed by atoms with E-state index >= 15 is 0 Å². The summed E-state index contributed by atoms with van der Waals surface area (Å²) in [5.41, 5.74) is 2.31. The Morgan fingerprint density at radius 1 is 1.25 bits per heavy atom. The lowest BCUT2D eigenvalue weighted by Crippen LogP contribution is -2.30. The first kappa shape index (κ1) is 17.3. The van der Waals surface area contributed by atoms with Gasteiger partial charge in [-0.15, -0.1) is 0 Å². The van der Waals surface area contributed by atoms with Crippen LogP contribution in [0.4, 0.5) is 5.69 Å². The van der Waals surface area contributed by atoms with Gasteiger partial charge < -0.3 is 9.64 Å². The van der Waals surface area contributed by atoms with Crippen molar-refractivity contribution in [2.24, 2.45) is 5.41 Å². The smallest absolute Gasteiger partial charge is 0.204 e. The molecule has 0 fully saturated rings. The lowest BCUT2D eigenvalue weighted by Gasteiger charge is -2.26. The van der Waals surface area contributed by atoms with Crippen LogP contribution in [0.3, 0.4) is 0 Å². The second kappa shape index (κ2) is 7.32. The molecule has 0 spiro atoms. The number of anilines is 1. The number of nitrogens with zero attached hydrogens (tertiary/aromatic N) is 1. The molecule has 1 rings (SSSR count). The van der Waals surface area contributed by atoms with Crippen LogP contribution in [-0.2, 0) is 11.2 Å². The Bertz CT molecular complexity index is 495. The van der Waals surface area contributed by atoms with Gasteiger partial charge in [0.25, 0.3) is 0 Å². The fraction of sp³-hybridized carbons (Fsp3) is 0.750. The average molecular weight is 297 g/mol. The summed E-state index contributed by atoms with van der Waals surface area (Å²) in [7, 11) is 3.72. The van der Waals surface area contributed by atoms with Crippen LogP contribution in [0.1, 0.15) is 45.6 Å². The van der Waals surface area contributed by atoms with Gasteiger partial charge in [-0.1, -0.05) is 33.0 Å². The van der Waals surface area contributed by atoms with Crippen molar-refractivity contribution in [2.45, 2.75) is 46.5 Å². The van der Waals surface area contributed by atoms with E-state index in [-0.39, 0.29) is 5.43 Å². The third kappa shape index (κ3) is 4.67. The van der Waals surface area contributed by atoms with Crippen molar-refractivity contribution < 1.29 is 4.74 Å². The van der Waals surface area contributed by atoms with Crippen molar-refractivity contribution in [3.05, 3.63) is 20.3 Å². The molecule has 0 atom stereocenters. The van der Waals surface area contributed by atoms with Crippen LogP contribution in [-0.4, -0.2) is 27.3 Å². The van der Waals surface area contributed by atoms with E-state index < -0.39 is 0 Å². The first-order valence-electron chi connectivity index (χ1n) is 7.30. The Morgan fingerprint density at radius 3 is 2.45 bits per heavy atom. The summed E-state index contributed by atoms with van der Waals surface area (Å²) in [6.07, 6.45) is 3.93. The number of hydrogen-bond acceptors (Lipinski definition) is 4. The number of methoxy groups -OCH3 is 1. The molecule has 0 saturated carbocycles. The fourth-order valence-electron chi connectivity index (χ4n) is 2.41. The Labute approximate surface area is 127 Å². The number of hydrogen-bond donors (Lipinski definition) is 0. The monoisotopic (exact) mass is 297 g/mol. The SMILES string of the molecule is COCCCc1c(N(C)CCCC(C)(C)C)c(=S)c1=O. The quantitative estimate of drug-likeness (QED) is 0.542. The van der Waals surface area contributed by atoms with E-state index in [0.717, 1.165) is 37.1 Å². The Morgan fingerprint density at radius 2 is 1.90 bits per heavy atom. The van der Waals surface area contributed by atoms with E-state index in [4.69, 9.17) is 17.0 Å². The zero-order valence-electron chi connectivity index (χ0n) is 13.4. The van der Waals surface area contributed by atoms with Gasteiger partial charge in [-0.2, -0.15) is 0 Å². The van der Waals surface area contributed by atoms with Gasteiger partial charge in [0.05, 0.1) is 5.69 Å². The van der Waals surface area contributed by atoms with E-state index in [1.54, 1.807) is 7.11 Å². The molecule has 4 heteroatoms. The second-order valence-electron chi connectivity index (χ2n) is 6.67. The molecular weight excluding hydrogens is 270 g/mol. The molecule has 0 amide bonds. The van der Waals surface area contributed by atoms with Gasteiger partial charge in [0.15, 0.2) is 0 Å². The predicted molar refractivity (Wildman–Crippen MR) is 88.1 cm³/mol. The van der Waals surface area contributed by atoms with E-state index in [2.05, 4.69) is 25.7 Å². The molecule has 0 aliphatic carbocycles. The van der Waals surface area contributed by atoms with Gasteiger partial charge in [0, 0.05) is 32.9 Å². The van der Waals surface area contributed by atoms with E-state index in [9.17, 15) is 4.79 Å². The third-order valence-corrected chi connectivity index (χ3v) is 3.94. The maximum absolute atomic E-state index is 11.8. The summed E-state index contributed by atoms with van der Waals surface area (Å²) in [5, 5.41) is 0. The van der Waals surface area contributed by atoms with Crippen LogP contribution in [0.25, 0.3) is 0 Å².